The van der Waals surface area contributed by atoms with Crippen molar-refractivity contribution in [1.29, 1.82) is 0 Å². The fourth-order valence-electron chi connectivity index (χ4n) is 3.89. The Labute approximate surface area is 181 Å². The zero-order valence-electron chi connectivity index (χ0n) is 17.8. The molecule has 1 aliphatic rings. The second-order valence-corrected chi connectivity index (χ2v) is 7.46. The summed E-state index contributed by atoms with van der Waals surface area (Å²) in [6.45, 7) is 0.599. The maximum Gasteiger partial charge on any atom is 0.409 e. The first-order valence-corrected chi connectivity index (χ1v) is 10.7. The monoisotopic (exact) mass is 433 g/mol. The molecule has 0 saturated carbocycles. The topological polar surface area (TPSA) is 48.0 Å². The van der Waals surface area contributed by atoms with Gasteiger partial charge in [-0.1, -0.05) is 30.3 Å². The average molecular weight is 433 g/mol. The number of hydrogen-bond donors (Lipinski definition) is 0. The summed E-state index contributed by atoms with van der Waals surface area (Å²) in [5.74, 6) is 0.975. The Hall–Kier alpha value is -2.83. The summed E-state index contributed by atoms with van der Waals surface area (Å²) in [5, 5.41) is 0. The SMILES string of the molecule is CCOC(=O)N1CCCC1CCOc1ccccc1CCc1cccc(OC(F)F)c1. The molecule has 2 aromatic carbocycles. The third kappa shape index (κ3) is 6.84. The van der Waals surface area contributed by atoms with E-state index in [0.29, 0.717) is 26.1 Å². The van der Waals surface area contributed by atoms with Crippen LogP contribution in [0.2, 0.25) is 0 Å². The highest BCUT2D eigenvalue weighted by molar-refractivity contribution is 5.68. The molecule has 3 rings (SSSR count). The normalized spacial score (nSPS) is 15.9. The van der Waals surface area contributed by atoms with Crippen LogP contribution < -0.4 is 9.47 Å². The molecule has 7 heteroatoms. The third-order valence-electron chi connectivity index (χ3n) is 5.37. The molecular weight excluding hydrogens is 404 g/mol. The maximum absolute atomic E-state index is 12.4. The second kappa shape index (κ2) is 11.5. The second-order valence-electron chi connectivity index (χ2n) is 7.46. The molecule has 0 N–H and O–H groups in total. The Morgan fingerprint density at radius 2 is 2.00 bits per heavy atom. The fraction of sp³-hybridized carbons (Fsp3) is 0.458. The van der Waals surface area contributed by atoms with Crippen LogP contribution in [0.15, 0.2) is 48.5 Å². The van der Waals surface area contributed by atoms with Gasteiger partial charge in [0.2, 0.25) is 0 Å². The van der Waals surface area contributed by atoms with Crippen LogP contribution in [0.1, 0.15) is 37.3 Å². The van der Waals surface area contributed by atoms with Crippen molar-refractivity contribution in [3.8, 4) is 11.5 Å². The maximum atomic E-state index is 12.4. The molecular formula is C24H29F2NO4. The number of amides is 1. The van der Waals surface area contributed by atoms with Crippen LogP contribution in [0.25, 0.3) is 0 Å². The minimum atomic E-state index is -2.83. The Morgan fingerprint density at radius 3 is 2.81 bits per heavy atom. The predicted octanol–water partition coefficient (Wildman–Crippen LogP) is 5.46. The molecule has 0 aromatic heterocycles. The molecule has 5 nitrogen and oxygen atoms in total. The number of hydrogen-bond acceptors (Lipinski definition) is 4. The minimum absolute atomic E-state index is 0.142. The van der Waals surface area contributed by atoms with E-state index in [1.165, 1.54) is 6.07 Å². The summed E-state index contributed by atoms with van der Waals surface area (Å²) in [6.07, 6.45) is 3.84. The van der Waals surface area contributed by atoms with Crippen LogP contribution in [0, 0.1) is 0 Å². The molecule has 2 aromatic rings. The molecule has 0 spiro atoms. The lowest BCUT2D eigenvalue weighted by molar-refractivity contribution is -0.0498. The van der Waals surface area contributed by atoms with Crippen LogP contribution in [-0.2, 0) is 17.6 Å². The van der Waals surface area contributed by atoms with E-state index < -0.39 is 6.61 Å². The van der Waals surface area contributed by atoms with E-state index in [2.05, 4.69) is 4.74 Å². The van der Waals surface area contributed by atoms with E-state index in [-0.39, 0.29) is 17.9 Å². The summed E-state index contributed by atoms with van der Waals surface area (Å²) >= 11 is 0. The molecule has 168 valence electrons. The van der Waals surface area contributed by atoms with Crippen molar-refractivity contribution in [3.63, 3.8) is 0 Å². The van der Waals surface area contributed by atoms with Crippen LogP contribution >= 0.6 is 0 Å². The Balaban J connectivity index is 1.53. The minimum Gasteiger partial charge on any atom is -0.493 e. The van der Waals surface area contributed by atoms with E-state index in [0.717, 1.165) is 42.7 Å². The van der Waals surface area contributed by atoms with Crippen molar-refractivity contribution in [2.24, 2.45) is 0 Å². The average Bonchev–Trinajstić information content (AvgIpc) is 3.22. The van der Waals surface area contributed by atoms with Gasteiger partial charge in [0.05, 0.1) is 13.2 Å². The number of ether oxygens (including phenoxy) is 3. The summed E-state index contributed by atoms with van der Waals surface area (Å²) in [4.78, 5) is 13.9. The first kappa shape index (κ1) is 22.8. The standard InChI is InChI=1S/C24H29F2NO4/c1-2-29-24(28)27-15-6-9-20(27)14-16-30-22-11-4-3-8-19(22)13-12-18-7-5-10-21(17-18)31-23(25)26/h3-5,7-8,10-11,17,20,23H,2,6,9,12-16H2,1H3. The molecule has 1 atom stereocenters. The summed E-state index contributed by atoms with van der Waals surface area (Å²) in [6, 6.07) is 14.7. The van der Waals surface area contributed by atoms with Gasteiger partial charge in [-0.15, -0.1) is 0 Å². The number of aryl methyl sites for hydroxylation is 2. The number of para-hydroxylation sites is 1. The predicted molar refractivity (Wildman–Crippen MR) is 114 cm³/mol. The third-order valence-corrected chi connectivity index (χ3v) is 5.37. The Morgan fingerprint density at radius 1 is 1.16 bits per heavy atom. The van der Waals surface area contributed by atoms with Crippen LogP contribution in [-0.4, -0.2) is 43.4 Å². The van der Waals surface area contributed by atoms with E-state index in [9.17, 15) is 13.6 Å². The Kier molecular flexibility index (Phi) is 8.50. The lowest BCUT2D eigenvalue weighted by Crippen LogP contribution is -2.36. The number of carbonyl (C=O) groups is 1. The molecule has 1 fully saturated rings. The van der Waals surface area contributed by atoms with Gasteiger partial charge in [-0.3, -0.25) is 0 Å². The number of carbonyl (C=O) groups excluding carboxylic acids is 1. The van der Waals surface area contributed by atoms with Crippen LogP contribution in [0.5, 0.6) is 11.5 Å². The van der Waals surface area contributed by atoms with E-state index >= 15 is 0 Å². The van der Waals surface area contributed by atoms with Crippen molar-refractivity contribution in [2.45, 2.75) is 51.7 Å². The van der Waals surface area contributed by atoms with Gasteiger partial charge in [0.25, 0.3) is 0 Å². The van der Waals surface area contributed by atoms with E-state index in [4.69, 9.17) is 9.47 Å². The number of alkyl halides is 2. The van der Waals surface area contributed by atoms with Crippen molar-refractivity contribution >= 4 is 6.09 Å². The molecule has 1 aliphatic heterocycles. The molecule has 1 unspecified atom stereocenters. The van der Waals surface area contributed by atoms with Crippen LogP contribution in [0.4, 0.5) is 13.6 Å². The van der Waals surface area contributed by atoms with E-state index in [1.807, 2.05) is 37.3 Å². The lowest BCUT2D eigenvalue weighted by Gasteiger charge is -2.24. The fourth-order valence-corrected chi connectivity index (χ4v) is 3.89. The van der Waals surface area contributed by atoms with Gasteiger partial charge >= 0.3 is 12.7 Å². The van der Waals surface area contributed by atoms with Crippen molar-refractivity contribution in [2.75, 3.05) is 19.8 Å². The molecule has 0 aliphatic carbocycles. The number of benzene rings is 2. The molecule has 1 heterocycles. The lowest BCUT2D eigenvalue weighted by atomic mass is 10.0. The number of rotatable bonds is 10. The molecule has 0 bridgehead atoms. The van der Waals surface area contributed by atoms with Gasteiger partial charge < -0.3 is 19.1 Å². The molecule has 0 radical (unpaired) electrons. The van der Waals surface area contributed by atoms with Gasteiger partial charge in [-0.2, -0.15) is 8.78 Å². The smallest absolute Gasteiger partial charge is 0.409 e. The van der Waals surface area contributed by atoms with E-state index in [1.54, 1.807) is 17.0 Å². The highest BCUT2D eigenvalue weighted by Crippen LogP contribution is 2.24. The zero-order chi connectivity index (χ0) is 22.1. The molecule has 31 heavy (non-hydrogen) atoms. The highest BCUT2D eigenvalue weighted by Gasteiger charge is 2.29. The number of halogens is 2. The summed E-state index contributed by atoms with van der Waals surface area (Å²) in [5.41, 5.74) is 1.97. The van der Waals surface area contributed by atoms with Crippen molar-refractivity contribution < 1.29 is 27.8 Å². The van der Waals surface area contributed by atoms with Crippen molar-refractivity contribution in [1.82, 2.24) is 4.90 Å². The zero-order valence-corrected chi connectivity index (χ0v) is 17.8. The first-order chi connectivity index (χ1) is 15.1. The Bertz CT molecular complexity index is 846. The molecule has 1 saturated heterocycles. The van der Waals surface area contributed by atoms with Crippen molar-refractivity contribution in [3.05, 3.63) is 59.7 Å². The van der Waals surface area contributed by atoms with Gasteiger partial charge in [0.1, 0.15) is 11.5 Å². The van der Waals surface area contributed by atoms with Gasteiger partial charge in [0, 0.05) is 19.0 Å². The first-order valence-electron chi connectivity index (χ1n) is 10.7. The largest absolute Gasteiger partial charge is 0.493 e. The summed E-state index contributed by atoms with van der Waals surface area (Å²) in [7, 11) is 0. The number of likely N-dealkylation sites (tertiary alicyclic amines) is 1. The quantitative estimate of drug-likeness (QED) is 0.499. The highest BCUT2D eigenvalue weighted by atomic mass is 19.3. The van der Waals surface area contributed by atoms with Gasteiger partial charge in [0.15, 0.2) is 0 Å². The number of nitrogens with zero attached hydrogens (tertiary/aromatic N) is 1. The summed E-state index contributed by atoms with van der Waals surface area (Å²) < 4.78 is 40.5. The van der Waals surface area contributed by atoms with Crippen LogP contribution in [0.3, 0.4) is 0 Å². The van der Waals surface area contributed by atoms with Gasteiger partial charge in [-0.05, 0) is 61.9 Å². The molecule has 1 amide bonds. The van der Waals surface area contributed by atoms with Gasteiger partial charge in [-0.25, -0.2) is 4.79 Å².